The van der Waals surface area contributed by atoms with Gasteiger partial charge in [0.1, 0.15) is 6.04 Å². The van der Waals surface area contributed by atoms with Gasteiger partial charge in [0.2, 0.25) is 11.8 Å². The Morgan fingerprint density at radius 3 is 2.19 bits per heavy atom. The predicted molar refractivity (Wildman–Crippen MR) is 163 cm³/mol. The summed E-state index contributed by atoms with van der Waals surface area (Å²) in [5.41, 5.74) is 10.6. The third-order valence-corrected chi connectivity index (χ3v) is 7.50. The second-order valence-corrected chi connectivity index (χ2v) is 10.4. The van der Waals surface area contributed by atoms with Crippen LogP contribution in [0.5, 0.6) is 0 Å². The standard InChI is InChI=1S/C34H32N4O4/c1-21-25-16-9-10-17-26(25)31-27(35)18-11-19-29(31)38(33(21)41)34(42)22(2)36-30(39)20-28(23-12-5-3-6-13-23)37-32(40)24-14-7-4-8-15-24/h3-19,21-22,28H,20,35H2,1-2H3,(H,36,39)(H,37,40)/t21?,22-,28?/m0/s1. The lowest BCUT2D eigenvalue weighted by Gasteiger charge is -2.27. The second-order valence-electron chi connectivity index (χ2n) is 10.4. The molecule has 4 N–H and O–H groups in total. The minimum absolute atomic E-state index is 0.112. The van der Waals surface area contributed by atoms with Gasteiger partial charge in [-0.3, -0.25) is 19.2 Å². The number of hydrogen-bond donors (Lipinski definition) is 3. The lowest BCUT2D eigenvalue weighted by molar-refractivity contribution is -0.131. The summed E-state index contributed by atoms with van der Waals surface area (Å²) >= 11 is 0. The highest BCUT2D eigenvalue weighted by Gasteiger charge is 2.38. The molecule has 0 aliphatic carbocycles. The number of carbonyl (C=O) groups excluding carboxylic acids is 4. The molecule has 5 rings (SSSR count). The quantitative estimate of drug-likeness (QED) is 0.275. The van der Waals surface area contributed by atoms with Gasteiger partial charge in [0.05, 0.1) is 24.1 Å². The number of carbonyl (C=O) groups is 4. The van der Waals surface area contributed by atoms with Gasteiger partial charge < -0.3 is 16.4 Å². The van der Waals surface area contributed by atoms with Gasteiger partial charge in [-0.25, -0.2) is 4.90 Å². The molecule has 0 saturated carbocycles. The number of nitrogens with two attached hydrogens (primary N) is 1. The van der Waals surface area contributed by atoms with Gasteiger partial charge in [-0.2, -0.15) is 0 Å². The fourth-order valence-electron chi connectivity index (χ4n) is 5.32. The molecule has 8 heteroatoms. The molecule has 0 bridgehead atoms. The van der Waals surface area contributed by atoms with Crippen LogP contribution in [0, 0.1) is 0 Å². The first-order valence-corrected chi connectivity index (χ1v) is 13.8. The highest BCUT2D eigenvalue weighted by atomic mass is 16.2. The molecule has 4 aromatic rings. The average molecular weight is 561 g/mol. The Morgan fingerprint density at radius 2 is 1.48 bits per heavy atom. The maximum atomic E-state index is 13.9. The van der Waals surface area contributed by atoms with Crippen LogP contribution in [0.1, 0.15) is 53.7 Å². The number of nitrogen functional groups attached to an aromatic ring is 1. The Hall–Kier alpha value is -5.24. The van der Waals surface area contributed by atoms with Gasteiger partial charge in [0.25, 0.3) is 11.8 Å². The van der Waals surface area contributed by atoms with Crippen molar-refractivity contribution in [2.45, 2.75) is 38.3 Å². The maximum Gasteiger partial charge on any atom is 0.256 e. The molecular formula is C34H32N4O4. The molecule has 2 unspecified atom stereocenters. The summed E-state index contributed by atoms with van der Waals surface area (Å²) in [5, 5.41) is 5.68. The zero-order valence-electron chi connectivity index (χ0n) is 23.4. The summed E-state index contributed by atoms with van der Waals surface area (Å²) in [7, 11) is 0. The Kier molecular flexibility index (Phi) is 8.15. The molecule has 3 atom stereocenters. The molecule has 4 amide bonds. The van der Waals surface area contributed by atoms with E-state index < -0.39 is 35.7 Å². The number of nitrogens with zero attached hydrogens (tertiary/aromatic N) is 1. The highest BCUT2D eigenvalue weighted by Crippen LogP contribution is 2.44. The topological polar surface area (TPSA) is 122 Å². The van der Waals surface area contributed by atoms with E-state index in [1.165, 1.54) is 0 Å². The molecule has 8 nitrogen and oxygen atoms in total. The molecule has 0 aromatic heterocycles. The van der Waals surface area contributed by atoms with Crippen LogP contribution in [0.2, 0.25) is 0 Å². The third kappa shape index (κ3) is 5.65. The molecule has 4 aromatic carbocycles. The minimum Gasteiger partial charge on any atom is -0.398 e. The summed E-state index contributed by atoms with van der Waals surface area (Å²) in [6.45, 7) is 3.30. The predicted octanol–water partition coefficient (Wildman–Crippen LogP) is 4.98. The summed E-state index contributed by atoms with van der Waals surface area (Å²) < 4.78 is 0. The van der Waals surface area contributed by atoms with Gasteiger partial charge >= 0.3 is 0 Å². The monoisotopic (exact) mass is 560 g/mol. The van der Waals surface area contributed by atoms with E-state index in [9.17, 15) is 19.2 Å². The third-order valence-electron chi connectivity index (χ3n) is 7.50. The van der Waals surface area contributed by atoms with E-state index >= 15 is 0 Å². The first kappa shape index (κ1) is 28.3. The van der Waals surface area contributed by atoms with Crippen LogP contribution in [0.15, 0.2) is 103 Å². The Labute approximate surface area is 244 Å². The zero-order valence-corrected chi connectivity index (χ0v) is 23.4. The Morgan fingerprint density at radius 1 is 0.833 bits per heavy atom. The molecular weight excluding hydrogens is 528 g/mol. The van der Waals surface area contributed by atoms with Crippen molar-refractivity contribution in [2.24, 2.45) is 0 Å². The van der Waals surface area contributed by atoms with Crippen LogP contribution < -0.4 is 21.3 Å². The first-order valence-electron chi connectivity index (χ1n) is 13.8. The number of fused-ring (bicyclic) bond motifs is 3. The minimum atomic E-state index is -1.04. The van der Waals surface area contributed by atoms with Crippen molar-refractivity contribution in [1.82, 2.24) is 10.6 Å². The van der Waals surface area contributed by atoms with Crippen LogP contribution in [-0.4, -0.2) is 29.7 Å². The molecule has 0 radical (unpaired) electrons. The van der Waals surface area contributed by atoms with Crippen molar-refractivity contribution in [3.63, 3.8) is 0 Å². The van der Waals surface area contributed by atoms with Crippen LogP contribution >= 0.6 is 0 Å². The van der Waals surface area contributed by atoms with E-state index in [0.717, 1.165) is 21.6 Å². The van der Waals surface area contributed by atoms with Crippen molar-refractivity contribution in [1.29, 1.82) is 0 Å². The molecule has 1 aliphatic heterocycles. The van der Waals surface area contributed by atoms with Crippen molar-refractivity contribution in [2.75, 3.05) is 10.6 Å². The zero-order chi connectivity index (χ0) is 29.8. The molecule has 42 heavy (non-hydrogen) atoms. The first-order chi connectivity index (χ1) is 20.3. The lowest BCUT2D eigenvalue weighted by Crippen LogP contribution is -2.50. The largest absolute Gasteiger partial charge is 0.398 e. The van der Waals surface area contributed by atoms with Gasteiger partial charge in [-0.1, -0.05) is 78.9 Å². The number of hydrogen-bond acceptors (Lipinski definition) is 5. The molecule has 1 aliphatic rings. The van der Waals surface area contributed by atoms with Crippen LogP contribution in [-0.2, 0) is 14.4 Å². The number of nitrogens with one attached hydrogen (secondary N) is 2. The summed E-state index contributed by atoms with van der Waals surface area (Å²) in [6.07, 6.45) is -0.112. The molecule has 0 fully saturated rings. The van der Waals surface area contributed by atoms with Gasteiger partial charge in [-0.15, -0.1) is 0 Å². The van der Waals surface area contributed by atoms with Crippen molar-refractivity contribution < 1.29 is 19.2 Å². The molecule has 0 saturated heterocycles. The maximum absolute atomic E-state index is 13.9. The Bertz CT molecular complexity index is 1640. The van der Waals surface area contributed by atoms with E-state index in [1.807, 2.05) is 60.7 Å². The second kappa shape index (κ2) is 12.1. The summed E-state index contributed by atoms with van der Waals surface area (Å²) in [6, 6.07) is 28.8. The van der Waals surface area contributed by atoms with E-state index in [4.69, 9.17) is 5.73 Å². The number of rotatable bonds is 7. The van der Waals surface area contributed by atoms with E-state index in [1.54, 1.807) is 56.3 Å². The highest BCUT2D eigenvalue weighted by molar-refractivity contribution is 6.22. The summed E-state index contributed by atoms with van der Waals surface area (Å²) in [5.74, 6) is -2.38. The van der Waals surface area contributed by atoms with E-state index in [0.29, 0.717) is 22.5 Å². The normalized spacial score (nSPS) is 15.4. The van der Waals surface area contributed by atoms with Crippen LogP contribution in [0.4, 0.5) is 11.4 Å². The molecule has 0 spiro atoms. The number of anilines is 2. The fourth-order valence-corrected chi connectivity index (χ4v) is 5.32. The van der Waals surface area contributed by atoms with Gasteiger partial charge in [-0.05, 0) is 54.8 Å². The number of imide groups is 1. The van der Waals surface area contributed by atoms with Crippen LogP contribution in [0.25, 0.3) is 11.1 Å². The smallest absolute Gasteiger partial charge is 0.256 e. The van der Waals surface area contributed by atoms with Crippen molar-refractivity contribution in [3.8, 4) is 11.1 Å². The average Bonchev–Trinajstić information content (AvgIpc) is 3.10. The lowest BCUT2D eigenvalue weighted by atomic mass is 9.92. The number of benzene rings is 4. The van der Waals surface area contributed by atoms with Crippen molar-refractivity contribution >= 4 is 35.0 Å². The van der Waals surface area contributed by atoms with E-state index in [-0.39, 0.29) is 12.3 Å². The van der Waals surface area contributed by atoms with E-state index in [2.05, 4.69) is 10.6 Å². The molecule has 1 heterocycles. The van der Waals surface area contributed by atoms with Gasteiger partial charge in [0, 0.05) is 16.8 Å². The summed E-state index contributed by atoms with van der Waals surface area (Å²) in [4.78, 5) is 55.0. The van der Waals surface area contributed by atoms with Crippen LogP contribution in [0.3, 0.4) is 0 Å². The van der Waals surface area contributed by atoms with Gasteiger partial charge in [0.15, 0.2) is 0 Å². The number of amides is 4. The fraction of sp³-hybridized carbons (Fsp3) is 0.176. The van der Waals surface area contributed by atoms with Crippen molar-refractivity contribution in [3.05, 3.63) is 120 Å². The Balaban J connectivity index is 1.38. The SMILES string of the molecule is CC1C(=O)N(C(=O)[C@H](C)NC(=O)CC(NC(=O)c2ccccc2)c2ccccc2)c2cccc(N)c2-c2ccccc21. The molecule has 212 valence electrons.